The number of rotatable bonds is 0. The predicted molar refractivity (Wildman–Crippen MR) is 31.8 cm³/mol. The van der Waals surface area contributed by atoms with Gasteiger partial charge in [-0.1, -0.05) is 0 Å². The van der Waals surface area contributed by atoms with Crippen molar-refractivity contribution in [1.82, 2.24) is 15.0 Å². The predicted octanol–water partition coefficient (Wildman–Crippen LogP) is 0.710. The van der Waals surface area contributed by atoms with Crippen LogP contribution in [-0.4, -0.2) is 15.0 Å². The Morgan fingerprint density at radius 2 is 2.56 bits per heavy atom. The summed E-state index contributed by atoms with van der Waals surface area (Å²) < 4.78 is 0. The summed E-state index contributed by atoms with van der Waals surface area (Å²) in [6.07, 6.45) is 6.05. The third kappa shape index (κ3) is 0.579. The molecule has 2 rings (SSSR count). The first kappa shape index (κ1) is 4.49. The fourth-order valence-corrected chi connectivity index (χ4v) is 0.736. The van der Waals surface area contributed by atoms with Gasteiger partial charge in [-0.15, -0.1) is 0 Å². The maximum absolute atomic E-state index is 3.97. The molecule has 0 bridgehead atoms. The third-order valence-corrected chi connectivity index (χ3v) is 1.16. The number of nitrogens with one attached hydrogen (secondary N) is 1. The molecule has 0 unspecified atom stereocenters. The minimum absolute atomic E-state index is 0.789. The van der Waals surface area contributed by atoms with Crippen molar-refractivity contribution < 1.29 is 0 Å². The fourth-order valence-electron chi connectivity index (χ4n) is 0.736. The second-order valence-corrected chi connectivity index (χ2v) is 1.72. The van der Waals surface area contributed by atoms with E-state index in [1.54, 1.807) is 12.5 Å². The Morgan fingerprint density at radius 3 is 3.44 bits per heavy atom. The lowest BCUT2D eigenvalue weighted by atomic mass is 10.3. The fraction of sp³-hybridized carbons (Fsp3) is 0. The van der Waals surface area contributed by atoms with Crippen LogP contribution in [0, 0.1) is 6.20 Å². The van der Waals surface area contributed by atoms with Crippen molar-refractivity contribution >= 4 is 0 Å². The summed E-state index contributed by atoms with van der Waals surface area (Å²) in [5.41, 5.74) is 1.77. The first-order chi connectivity index (χ1) is 4.47. The van der Waals surface area contributed by atoms with Crippen LogP contribution in [0.4, 0.5) is 0 Å². The molecule has 0 aliphatic carbocycles. The zero-order valence-corrected chi connectivity index (χ0v) is 4.63. The molecule has 1 N–H and O–H groups in total. The van der Waals surface area contributed by atoms with E-state index in [1.165, 1.54) is 0 Å². The van der Waals surface area contributed by atoms with Crippen LogP contribution in [0.25, 0.3) is 11.4 Å². The van der Waals surface area contributed by atoms with E-state index in [4.69, 9.17) is 0 Å². The molecule has 0 amide bonds. The lowest BCUT2D eigenvalue weighted by Gasteiger charge is -1.90. The molecule has 0 saturated heterocycles. The summed E-state index contributed by atoms with van der Waals surface area (Å²) in [6.45, 7) is 0. The molecule has 0 aromatic heterocycles. The molecule has 2 aliphatic heterocycles. The van der Waals surface area contributed by atoms with Gasteiger partial charge in [0.2, 0.25) is 0 Å². The van der Waals surface area contributed by atoms with E-state index in [0.717, 1.165) is 11.4 Å². The van der Waals surface area contributed by atoms with Gasteiger partial charge in [0, 0.05) is 6.20 Å². The SMILES string of the molecule is [c]1nc[nH]c2ccnc1-2. The van der Waals surface area contributed by atoms with E-state index in [1.807, 2.05) is 6.07 Å². The Balaban J connectivity index is 2.79. The molecular formula is C6H4N3. The number of hydrogen-bond acceptors (Lipinski definition) is 2. The Kier molecular flexibility index (Phi) is 0.773. The first-order valence-corrected chi connectivity index (χ1v) is 2.62. The summed E-state index contributed by atoms with van der Waals surface area (Å²) in [5.74, 6) is 0. The van der Waals surface area contributed by atoms with E-state index in [9.17, 15) is 0 Å². The minimum atomic E-state index is 0.789. The molecular weight excluding hydrogens is 114 g/mol. The number of hydrogen-bond donors (Lipinski definition) is 1. The van der Waals surface area contributed by atoms with Gasteiger partial charge in [0.15, 0.2) is 0 Å². The highest BCUT2D eigenvalue weighted by atomic mass is 14.9. The highest BCUT2D eigenvalue weighted by molar-refractivity contribution is 5.52. The van der Waals surface area contributed by atoms with Gasteiger partial charge in [-0.3, -0.25) is 4.98 Å². The molecule has 3 heteroatoms. The summed E-state index contributed by atoms with van der Waals surface area (Å²) in [5, 5.41) is 0. The average molecular weight is 118 g/mol. The molecule has 2 heterocycles. The van der Waals surface area contributed by atoms with Gasteiger partial charge in [-0.05, 0) is 6.07 Å². The van der Waals surface area contributed by atoms with Gasteiger partial charge in [-0.2, -0.15) is 0 Å². The molecule has 0 fully saturated rings. The summed E-state index contributed by atoms with van der Waals surface area (Å²) in [4.78, 5) is 10.6. The van der Waals surface area contributed by atoms with E-state index < -0.39 is 0 Å². The molecule has 0 atom stereocenters. The van der Waals surface area contributed by atoms with E-state index in [0.29, 0.717) is 0 Å². The van der Waals surface area contributed by atoms with Gasteiger partial charge >= 0.3 is 0 Å². The van der Waals surface area contributed by atoms with Gasteiger partial charge < -0.3 is 4.98 Å². The van der Waals surface area contributed by atoms with Crippen molar-refractivity contribution in [2.45, 2.75) is 0 Å². The molecule has 1 radical (unpaired) electrons. The first-order valence-electron chi connectivity index (χ1n) is 2.62. The molecule has 43 valence electrons. The normalized spacial score (nSPS) is 10.2. The van der Waals surface area contributed by atoms with Crippen molar-refractivity contribution in [3.63, 3.8) is 0 Å². The standard InChI is InChI=1S/C6H4N3/c1-2-8-6-3-7-4-9-5(1)6/h1-2,4H,(H,7,9). The highest BCUT2D eigenvalue weighted by Crippen LogP contribution is 2.11. The summed E-state index contributed by atoms with van der Waals surface area (Å²) >= 11 is 0. The Morgan fingerprint density at radius 1 is 1.56 bits per heavy atom. The number of nitrogens with zero attached hydrogens (tertiary/aromatic N) is 2. The number of H-pyrrole nitrogens is 1. The molecule has 3 nitrogen and oxygen atoms in total. The van der Waals surface area contributed by atoms with Crippen LogP contribution in [0.1, 0.15) is 0 Å². The minimum Gasteiger partial charge on any atom is -0.344 e. The van der Waals surface area contributed by atoms with Crippen molar-refractivity contribution in [3.8, 4) is 11.4 Å². The van der Waals surface area contributed by atoms with Crippen LogP contribution in [0.3, 0.4) is 0 Å². The van der Waals surface area contributed by atoms with Gasteiger partial charge in [0.05, 0.1) is 12.0 Å². The highest BCUT2D eigenvalue weighted by Gasteiger charge is 1.99. The maximum atomic E-state index is 3.97. The molecule has 2 aliphatic rings. The van der Waals surface area contributed by atoms with Crippen LogP contribution in [0.5, 0.6) is 0 Å². The van der Waals surface area contributed by atoms with Crippen LogP contribution in [-0.2, 0) is 0 Å². The second-order valence-electron chi connectivity index (χ2n) is 1.72. The zero-order chi connectivity index (χ0) is 6.10. The number of aromatic nitrogens is 3. The van der Waals surface area contributed by atoms with Crippen molar-refractivity contribution in [2.24, 2.45) is 0 Å². The summed E-state index contributed by atoms with van der Waals surface area (Å²) in [7, 11) is 0. The third-order valence-electron chi connectivity index (χ3n) is 1.16. The van der Waals surface area contributed by atoms with Crippen LogP contribution < -0.4 is 0 Å². The smallest absolute Gasteiger partial charge is 0.120 e. The molecule has 9 heavy (non-hydrogen) atoms. The van der Waals surface area contributed by atoms with E-state index in [2.05, 4.69) is 21.1 Å². The Bertz CT molecular complexity index is 248. The average Bonchev–Trinajstić information content (AvgIpc) is 2.33. The van der Waals surface area contributed by atoms with Gasteiger partial charge in [-0.25, -0.2) is 4.98 Å². The van der Waals surface area contributed by atoms with Gasteiger partial charge in [0.25, 0.3) is 0 Å². The molecule has 0 aromatic rings. The monoisotopic (exact) mass is 118 g/mol. The molecule has 0 spiro atoms. The largest absolute Gasteiger partial charge is 0.344 e. The van der Waals surface area contributed by atoms with Crippen molar-refractivity contribution in [1.29, 1.82) is 0 Å². The van der Waals surface area contributed by atoms with E-state index >= 15 is 0 Å². The van der Waals surface area contributed by atoms with Crippen LogP contribution in [0.15, 0.2) is 18.6 Å². The lowest BCUT2D eigenvalue weighted by molar-refractivity contribution is 1.14. The van der Waals surface area contributed by atoms with Crippen LogP contribution >= 0.6 is 0 Å². The van der Waals surface area contributed by atoms with Crippen molar-refractivity contribution in [3.05, 3.63) is 24.8 Å². The van der Waals surface area contributed by atoms with Crippen molar-refractivity contribution in [2.75, 3.05) is 0 Å². The molecule has 0 aromatic carbocycles. The maximum Gasteiger partial charge on any atom is 0.120 e. The van der Waals surface area contributed by atoms with Crippen LogP contribution in [0.2, 0.25) is 0 Å². The number of aromatic amines is 1. The Hall–Kier alpha value is -1.38. The Labute approximate surface area is 52.1 Å². The topological polar surface area (TPSA) is 41.6 Å². The zero-order valence-electron chi connectivity index (χ0n) is 4.63. The van der Waals surface area contributed by atoms with E-state index in [-0.39, 0.29) is 0 Å². The number of fused-ring (bicyclic) bond motifs is 1. The lowest BCUT2D eigenvalue weighted by Crippen LogP contribution is -1.82. The van der Waals surface area contributed by atoms with Gasteiger partial charge in [0.1, 0.15) is 11.9 Å². The molecule has 0 saturated carbocycles. The summed E-state index contributed by atoms with van der Waals surface area (Å²) in [6, 6.07) is 1.88. The second kappa shape index (κ2) is 1.55. The quantitative estimate of drug-likeness (QED) is 0.553.